The molecule has 0 saturated carbocycles. The van der Waals surface area contributed by atoms with Gasteiger partial charge in [0.1, 0.15) is 5.65 Å². The zero-order chi connectivity index (χ0) is 9.97. The van der Waals surface area contributed by atoms with Gasteiger partial charge in [-0.1, -0.05) is 38.0 Å². The maximum absolute atomic E-state index is 4.23. The summed E-state index contributed by atoms with van der Waals surface area (Å²) >= 11 is 0. The van der Waals surface area contributed by atoms with E-state index in [9.17, 15) is 0 Å². The van der Waals surface area contributed by atoms with Gasteiger partial charge in [0.15, 0.2) is 6.71 Å². The van der Waals surface area contributed by atoms with E-state index in [0.29, 0.717) is 6.71 Å². The third kappa shape index (κ3) is 1.54. The summed E-state index contributed by atoms with van der Waals surface area (Å²) in [4.78, 5) is 4.23. The van der Waals surface area contributed by atoms with Crippen molar-refractivity contribution < 1.29 is 0 Å². The standard InChI is InChI=1S/C11H15BN2/c1-3-12(4-2)10-5-6-11-13-7-8-14(11)9-10/h5-9H,3-4H2,1-2H3. The minimum Gasteiger partial charge on any atom is -0.308 e. The molecule has 0 aliphatic carbocycles. The molecular weight excluding hydrogens is 171 g/mol. The van der Waals surface area contributed by atoms with Gasteiger partial charge in [-0.2, -0.15) is 0 Å². The molecule has 2 heterocycles. The lowest BCUT2D eigenvalue weighted by molar-refractivity contribution is 1.19. The first-order valence-electron chi connectivity index (χ1n) is 5.27. The third-order valence-electron chi connectivity index (χ3n) is 2.87. The molecule has 0 radical (unpaired) electrons. The number of hydrogen-bond donors (Lipinski definition) is 0. The van der Waals surface area contributed by atoms with E-state index in [1.54, 1.807) is 0 Å². The van der Waals surface area contributed by atoms with Crippen LogP contribution in [0.15, 0.2) is 30.7 Å². The number of hydrogen-bond acceptors (Lipinski definition) is 1. The maximum atomic E-state index is 4.23. The zero-order valence-corrected chi connectivity index (χ0v) is 8.77. The first-order chi connectivity index (χ1) is 6.85. The van der Waals surface area contributed by atoms with Crippen molar-refractivity contribution in [1.82, 2.24) is 9.38 Å². The molecule has 0 saturated heterocycles. The van der Waals surface area contributed by atoms with Crippen LogP contribution in [0.3, 0.4) is 0 Å². The second-order valence-corrected chi connectivity index (χ2v) is 3.67. The number of rotatable bonds is 3. The molecule has 0 amide bonds. The summed E-state index contributed by atoms with van der Waals surface area (Å²) in [7, 11) is 0. The Labute approximate surface area is 85.1 Å². The fourth-order valence-electron chi connectivity index (χ4n) is 1.94. The number of fused-ring (bicyclic) bond motifs is 1. The molecule has 2 rings (SSSR count). The lowest BCUT2D eigenvalue weighted by Gasteiger charge is -2.08. The van der Waals surface area contributed by atoms with Crippen LogP contribution in [0.2, 0.25) is 12.6 Å². The summed E-state index contributed by atoms with van der Waals surface area (Å²) in [6, 6.07) is 4.29. The topological polar surface area (TPSA) is 17.3 Å². The Balaban J connectivity index is 2.42. The molecule has 0 fully saturated rings. The molecule has 0 aliphatic heterocycles. The molecule has 0 spiro atoms. The van der Waals surface area contributed by atoms with Crippen LogP contribution in [0, 0.1) is 0 Å². The molecule has 2 aromatic heterocycles. The summed E-state index contributed by atoms with van der Waals surface area (Å²) in [5, 5.41) is 0. The van der Waals surface area contributed by atoms with Gasteiger partial charge in [-0.05, 0) is 6.07 Å². The van der Waals surface area contributed by atoms with Crippen molar-refractivity contribution in [2.75, 3.05) is 0 Å². The van der Waals surface area contributed by atoms with Gasteiger partial charge in [0.2, 0.25) is 0 Å². The molecule has 2 nitrogen and oxygen atoms in total. The van der Waals surface area contributed by atoms with Gasteiger partial charge in [0.05, 0.1) is 0 Å². The molecule has 0 atom stereocenters. The highest BCUT2D eigenvalue weighted by molar-refractivity contribution is 6.73. The van der Waals surface area contributed by atoms with Crippen LogP contribution in [0.25, 0.3) is 5.65 Å². The van der Waals surface area contributed by atoms with E-state index in [0.717, 1.165) is 5.65 Å². The second-order valence-electron chi connectivity index (χ2n) is 3.67. The molecule has 0 aromatic carbocycles. The van der Waals surface area contributed by atoms with Crippen molar-refractivity contribution in [2.24, 2.45) is 0 Å². The van der Waals surface area contributed by atoms with E-state index in [2.05, 4.69) is 41.6 Å². The highest BCUT2D eigenvalue weighted by atomic mass is 15.0. The Kier molecular flexibility index (Phi) is 2.57. The Hall–Kier alpha value is -1.25. The van der Waals surface area contributed by atoms with Gasteiger partial charge >= 0.3 is 0 Å². The fraction of sp³-hybridized carbons (Fsp3) is 0.364. The van der Waals surface area contributed by atoms with E-state index in [1.807, 2.05) is 12.4 Å². The van der Waals surface area contributed by atoms with E-state index in [4.69, 9.17) is 0 Å². The average Bonchev–Trinajstić information content (AvgIpc) is 2.66. The predicted octanol–water partition coefficient (Wildman–Crippen LogP) is 2.08. The van der Waals surface area contributed by atoms with Gasteiger partial charge in [-0.15, -0.1) is 0 Å². The Morgan fingerprint density at radius 2 is 2.07 bits per heavy atom. The molecular formula is C11H15BN2. The van der Waals surface area contributed by atoms with Gasteiger partial charge in [0, 0.05) is 18.6 Å². The van der Waals surface area contributed by atoms with Gasteiger partial charge in [-0.25, -0.2) is 4.98 Å². The van der Waals surface area contributed by atoms with E-state index >= 15 is 0 Å². The molecule has 0 unspecified atom stereocenters. The summed E-state index contributed by atoms with van der Waals surface area (Å²) < 4.78 is 2.09. The molecule has 14 heavy (non-hydrogen) atoms. The van der Waals surface area contributed by atoms with Crippen molar-refractivity contribution in [1.29, 1.82) is 0 Å². The van der Waals surface area contributed by atoms with Crippen molar-refractivity contribution in [3.05, 3.63) is 30.7 Å². The third-order valence-corrected chi connectivity index (χ3v) is 2.87. The summed E-state index contributed by atoms with van der Waals surface area (Å²) in [5.74, 6) is 0. The number of pyridine rings is 1. The van der Waals surface area contributed by atoms with Crippen molar-refractivity contribution in [2.45, 2.75) is 26.5 Å². The van der Waals surface area contributed by atoms with Crippen LogP contribution < -0.4 is 5.46 Å². The van der Waals surface area contributed by atoms with Crippen LogP contribution in [0.1, 0.15) is 13.8 Å². The van der Waals surface area contributed by atoms with Gasteiger partial charge in [-0.3, -0.25) is 0 Å². The Morgan fingerprint density at radius 3 is 2.79 bits per heavy atom. The van der Waals surface area contributed by atoms with Crippen LogP contribution >= 0.6 is 0 Å². The smallest absolute Gasteiger partial charge is 0.177 e. The first kappa shape index (κ1) is 9.32. The lowest BCUT2D eigenvalue weighted by atomic mass is 9.42. The second kappa shape index (κ2) is 3.87. The van der Waals surface area contributed by atoms with E-state index in [-0.39, 0.29) is 0 Å². The lowest BCUT2D eigenvalue weighted by Crippen LogP contribution is -2.28. The first-order valence-corrected chi connectivity index (χ1v) is 5.27. The Bertz CT molecular complexity index is 418. The van der Waals surface area contributed by atoms with Crippen LogP contribution in [0.4, 0.5) is 0 Å². The summed E-state index contributed by atoms with van der Waals surface area (Å²) in [6.45, 7) is 5.17. The fourth-order valence-corrected chi connectivity index (χ4v) is 1.94. The summed E-state index contributed by atoms with van der Waals surface area (Å²) in [5.41, 5.74) is 2.44. The highest BCUT2D eigenvalue weighted by Gasteiger charge is 2.11. The quantitative estimate of drug-likeness (QED) is 0.670. The average molecular weight is 186 g/mol. The molecule has 2 aromatic rings. The van der Waals surface area contributed by atoms with Crippen molar-refractivity contribution >= 4 is 17.8 Å². The molecule has 3 heteroatoms. The van der Waals surface area contributed by atoms with Crippen molar-refractivity contribution in [3.63, 3.8) is 0 Å². The van der Waals surface area contributed by atoms with Crippen LogP contribution in [-0.4, -0.2) is 16.1 Å². The van der Waals surface area contributed by atoms with Crippen LogP contribution in [-0.2, 0) is 0 Å². The normalized spacial score (nSPS) is 10.7. The molecule has 0 bridgehead atoms. The minimum absolute atomic E-state index is 0.682. The highest BCUT2D eigenvalue weighted by Crippen LogP contribution is 2.02. The number of nitrogens with zero attached hydrogens (tertiary/aromatic N) is 2. The van der Waals surface area contributed by atoms with Gasteiger partial charge in [0.25, 0.3) is 0 Å². The Morgan fingerprint density at radius 1 is 1.29 bits per heavy atom. The molecule has 0 N–H and O–H groups in total. The largest absolute Gasteiger partial charge is 0.308 e. The zero-order valence-electron chi connectivity index (χ0n) is 8.77. The molecule has 72 valence electrons. The SMILES string of the molecule is CCB(CC)c1ccc2nccn2c1. The predicted molar refractivity (Wildman–Crippen MR) is 61.5 cm³/mol. The van der Waals surface area contributed by atoms with Gasteiger partial charge < -0.3 is 4.40 Å². The monoisotopic (exact) mass is 186 g/mol. The number of imidazole rings is 1. The van der Waals surface area contributed by atoms with E-state index < -0.39 is 0 Å². The molecule has 0 aliphatic rings. The van der Waals surface area contributed by atoms with Crippen molar-refractivity contribution in [3.8, 4) is 0 Å². The van der Waals surface area contributed by atoms with E-state index in [1.165, 1.54) is 18.1 Å². The number of aromatic nitrogens is 2. The van der Waals surface area contributed by atoms with Crippen LogP contribution in [0.5, 0.6) is 0 Å². The minimum atomic E-state index is 0.682. The maximum Gasteiger partial charge on any atom is 0.177 e. The summed E-state index contributed by atoms with van der Waals surface area (Å²) in [6.07, 6.45) is 8.45.